The molecule has 2 N–H and O–H groups in total. The summed E-state index contributed by atoms with van der Waals surface area (Å²) in [4.78, 5) is 2.62. The van der Waals surface area contributed by atoms with Gasteiger partial charge in [0, 0.05) is 19.6 Å². The molecule has 2 aromatic carbocycles. The van der Waals surface area contributed by atoms with Gasteiger partial charge >= 0.3 is 0 Å². The molecule has 162 valence electrons. The Balaban J connectivity index is 1.64. The zero-order valence-corrected chi connectivity index (χ0v) is 19.2. The summed E-state index contributed by atoms with van der Waals surface area (Å²) < 4.78 is 0. The Labute approximate surface area is 184 Å². The van der Waals surface area contributed by atoms with Crippen LogP contribution in [0.2, 0.25) is 0 Å². The van der Waals surface area contributed by atoms with Gasteiger partial charge in [-0.1, -0.05) is 87.5 Å². The molecule has 30 heavy (non-hydrogen) atoms. The first-order valence-electron chi connectivity index (χ1n) is 11.7. The highest BCUT2D eigenvalue weighted by atomic mass is 15.1. The van der Waals surface area contributed by atoms with E-state index in [1.54, 1.807) is 0 Å². The summed E-state index contributed by atoms with van der Waals surface area (Å²) in [5.74, 6) is 1.55. The number of benzene rings is 2. The molecule has 1 fully saturated rings. The Morgan fingerprint density at radius 2 is 1.53 bits per heavy atom. The number of hydrogen-bond donors (Lipinski definition) is 1. The lowest BCUT2D eigenvalue weighted by atomic mass is 9.82. The van der Waals surface area contributed by atoms with Crippen LogP contribution in [0.15, 0.2) is 60.7 Å². The van der Waals surface area contributed by atoms with Crippen LogP contribution in [0, 0.1) is 11.8 Å². The SMILES string of the molecule is CC(C)(C)c1ccc(CN(CC=Cc2ccccc2)CC2CCC(CN)CC2)cc1. The van der Waals surface area contributed by atoms with E-state index in [9.17, 15) is 0 Å². The summed E-state index contributed by atoms with van der Waals surface area (Å²) in [7, 11) is 0. The van der Waals surface area contributed by atoms with E-state index in [1.165, 1.54) is 48.9 Å². The molecule has 2 aromatic rings. The van der Waals surface area contributed by atoms with Crippen molar-refractivity contribution in [3.05, 3.63) is 77.4 Å². The Bertz CT molecular complexity index is 763. The highest BCUT2D eigenvalue weighted by molar-refractivity contribution is 5.48. The fourth-order valence-corrected chi connectivity index (χ4v) is 4.49. The quantitative estimate of drug-likeness (QED) is 0.562. The molecular formula is C28H40N2. The topological polar surface area (TPSA) is 29.3 Å². The average molecular weight is 405 g/mol. The van der Waals surface area contributed by atoms with Crippen molar-refractivity contribution < 1.29 is 0 Å². The number of nitrogens with zero attached hydrogens (tertiary/aromatic N) is 1. The smallest absolute Gasteiger partial charge is 0.0237 e. The first-order chi connectivity index (χ1) is 14.4. The van der Waals surface area contributed by atoms with Gasteiger partial charge in [-0.25, -0.2) is 0 Å². The van der Waals surface area contributed by atoms with Crippen molar-refractivity contribution in [3.8, 4) is 0 Å². The van der Waals surface area contributed by atoms with Crippen molar-refractivity contribution in [2.75, 3.05) is 19.6 Å². The molecule has 0 unspecified atom stereocenters. The van der Waals surface area contributed by atoms with Gasteiger partial charge in [0.15, 0.2) is 0 Å². The molecule has 0 heterocycles. The highest BCUT2D eigenvalue weighted by Gasteiger charge is 2.22. The largest absolute Gasteiger partial charge is 0.330 e. The molecular weight excluding hydrogens is 364 g/mol. The monoisotopic (exact) mass is 404 g/mol. The lowest BCUT2D eigenvalue weighted by Gasteiger charge is -2.32. The Morgan fingerprint density at radius 3 is 2.13 bits per heavy atom. The maximum atomic E-state index is 5.90. The van der Waals surface area contributed by atoms with Crippen molar-refractivity contribution in [1.29, 1.82) is 0 Å². The van der Waals surface area contributed by atoms with Crippen LogP contribution in [-0.4, -0.2) is 24.5 Å². The fraction of sp³-hybridized carbons (Fsp3) is 0.500. The predicted octanol–water partition coefficient (Wildman–Crippen LogP) is 6.26. The van der Waals surface area contributed by atoms with Crippen LogP contribution in [-0.2, 0) is 12.0 Å². The van der Waals surface area contributed by atoms with E-state index < -0.39 is 0 Å². The molecule has 0 aliphatic heterocycles. The van der Waals surface area contributed by atoms with Crippen LogP contribution >= 0.6 is 0 Å². The molecule has 1 aliphatic carbocycles. The minimum atomic E-state index is 0.207. The zero-order chi connectivity index (χ0) is 21.4. The van der Waals surface area contributed by atoms with Crippen LogP contribution < -0.4 is 5.73 Å². The van der Waals surface area contributed by atoms with E-state index in [0.717, 1.165) is 31.5 Å². The molecule has 3 rings (SSSR count). The summed E-state index contributed by atoms with van der Waals surface area (Å²) in [5.41, 5.74) is 10.2. The molecule has 0 atom stereocenters. The van der Waals surface area contributed by atoms with Crippen LogP contribution in [0.25, 0.3) is 6.08 Å². The third-order valence-electron chi connectivity index (χ3n) is 6.52. The summed E-state index contributed by atoms with van der Waals surface area (Å²) in [6.07, 6.45) is 9.82. The molecule has 1 saturated carbocycles. The van der Waals surface area contributed by atoms with Crippen LogP contribution in [0.5, 0.6) is 0 Å². The van der Waals surface area contributed by atoms with E-state index in [1.807, 2.05) is 0 Å². The minimum Gasteiger partial charge on any atom is -0.330 e. The second-order valence-electron chi connectivity index (χ2n) is 10.1. The van der Waals surface area contributed by atoms with Gasteiger partial charge in [0.2, 0.25) is 0 Å². The molecule has 0 amide bonds. The molecule has 2 nitrogen and oxygen atoms in total. The fourth-order valence-electron chi connectivity index (χ4n) is 4.49. The minimum absolute atomic E-state index is 0.207. The van der Waals surface area contributed by atoms with E-state index in [2.05, 4.69) is 92.4 Å². The van der Waals surface area contributed by atoms with E-state index >= 15 is 0 Å². The van der Waals surface area contributed by atoms with E-state index in [0.29, 0.717) is 0 Å². The summed E-state index contributed by atoms with van der Waals surface area (Å²) in [6, 6.07) is 19.9. The van der Waals surface area contributed by atoms with Crippen LogP contribution in [0.4, 0.5) is 0 Å². The molecule has 0 spiro atoms. The average Bonchev–Trinajstić information content (AvgIpc) is 2.75. The van der Waals surface area contributed by atoms with Gasteiger partial charge in [0.25, 0.3) is 0 Å². The van der Waals surface area contributed by atoms with Gasteiger partial charge in [0.1, 0.15) is 0 Å². The summed E-state index contributed by atoms with van der Waals surface area (Å²) >= 11 is 0. The van der Waals surface area contributed by atoms with E-state index in [4.69, 9.17) is 5.73 Å². The van der Waals surface area contributed by atoms with Gasteiger partial charge in [-0.15, -0.1) is 0 Å². The van der Waals surface area contributed by atoms with Crippen LogP contribution in [0.3, 0.4) is 0 Å². The predicted molar refractivity (Wildman–Crippen MR) is 130 cm³/mol. The number of rotatable bonds is 8. The maximum Gasteiger partial charge on any atom is 0.0237 e. The molecule has 1 aliphatic rings. The zero-order valence-electron chi connectivity index (χ0n) is 19.2. The second kappa shape index (κ2) is 10.9. The second-order valence-corrected chi connectivity index (χ2v) is 10.1. The molecule has 0 saturated heterocycles. The number of nitrogens with two attached hydrogens (primary N) is 1. The Morgan fingerprint density at radius 1 is 0.900 bits per heavy atom. The normalized spacial score (nSPS) is 20.2. The lowest BCUT2D eigenvalue weighted by Crippen LogP contribution is -2.32. The first kappa shape index (κ1) is 22.8. The summed E-state index contributed by atoms with van der Waals surface area (Å²) in [5, 5.41) is 0. The van der Waals surface area contributed by atoms with E-state index in [-0.39, 0.29) is 5.41 Å². The van der Waals surface area contributed by atoms with Crippen molar-refractivity contribution >= 4 is 6.08 Å². The van der Waals surface area contributed by atoms with Crippen molar-refractivity contribution in [3.63, 3.8) is 0 Å². The number of hydrogen-bond acceptors (Lipinski definition) is 2. The molecule has 0 aromatic heterocycles. The van der Waals surface area contributed by atoms with Crippen molar-refractivity contribution in [1.82, 2.24) is 4.90 Å². The maximum absolute atomic E-state index is 5.90. The van der Waals surface area contributed by atoms with Gasteiger partial charge in [-0.05, 0) is 66.2 Å². The van der Waals surface area contributed by atoms with Crippen LogP contribution in [0.1, 0.15) is 63.1 Å². The third kappa shape index (κ3) is 7.11. The standard InChI is InChI=1S/C28H40N2/c1-28(2,3)27-17-15-26(16-18-27)22-30(19-7-10-23-8-5-4-6-9-23)21-25-13-11-24(20-29)12-14-25/h4-10,15-18,24-25H,11-14,19-22,29H2,1-3H3. The van der Waals surface area contributed by atoms with Gasteiger partial charge < -0.3 is 5.73 Å². The molecule has 2 heteroatoms. The summed E-state index contributed by atoms with van der Waals surface area (Å²) in [6.45, 7) is 10.9. The third-order valence-corrected chi connectivity index (χ3v) is 6.52. The highest BCUT2D eigenvalue weighted by Crippen LogP contribution is 2.29. The van der Waals surface area contributed by atoms with Crippen molar-refractivity contribution in [2.24, 2.45) is 17.6 Å². The lowest BCUT2D eigenvalue weighted by molar-refractivity contribution is 0.188. The molecule has 0 bridgehead atoms. The Kier molecular flexibility index (Phi) is 8.30. The van der Waals surface area contributed by atoms with Crippen molar-refractivity contribution in [2.45, 2.75) is 58.4 Å². The molecule has 0 radical (unpaired) electrons. The first-order valence-corrected chi connectivity index (χ1v) is 11.7. The van der Waals surface area contributed by atoms with Gasteiger partial charge in [0.05, 0.1) is 0 Å². The van der Waals surface area contributed by atoms with Gasteiger partial charge in [-0.3, -0.25) is 4.90 Å². The van der Waals surface area contributed by atoms with Gasteiger partial charge in [-0.2, -0.15) is 0 Å². The Hall–Kier alpha value is -1.90.